The van der Waals surface area contributed by atoms with Crippen LogP contribution in [0.15, 0.2) is 30.3 Å². The fourth-order valence-corrected chi connectivity index (χ4v) is 2.53. The van der Waals surface area contributed by atoms with Crippen molar-refractivity contribution in [1.29, 1.82) is 0 Å². The van der Waals surface area contributed by atoms with Crippen LogP contribution in [0.4, 0.5) is 0 Å². The summed E-state index contributed by atoms with van der Waals surface area (Å²) in [5.74, 6) is 0.524. The van der Waals surface area contributed by atoms with Crippen molar-refractivity contribution in [1.82, 2.24) is 10.2 Å². The lowest BCUT2D eigenvalue weighted by Crippen LogP contribution is -2.43. The number of rotatable bonds is 5. The van der Waals surface area contributed by atoms with E-state index >= 15 is 0 Å². The minimum atomic E-state index is -0.457. The average molecular weight is 261 g/mol. The van der Waals surface area contributed by atoms with Gasteiger partial charge in [-0.2, -0.15) is 0 Å². The molecule has 3 N–H and O–H groups in total. The molecule has 2 rings (SSSR count). The zero-order chi connectivity index (χ0) is 13.7. The summed E-state index contributed by atoms with van der Waals surface area (Å²) in [6.45, 7) is 2.93. The van der Waals surface area contributed by atoms with E-state index in [0.717, 1.165) is 31.6 Å². The first-order chi connectivity index (χ1) is 9.15. The van der Waals surface area contributed by atoms with Gasteiger partial charge >= 0.3 is 0 Å². The fraction of sp³-hybridized carbons (Fsp3) is 0.533. The van der Waals surface area contributed by atoms with Crippen LogP contribution in [0.5, 0.6) is 0 Å². The average Bonchev–Trinajstić information content (AvgIpc) is 2.83. The van der Waals surface area contributed by atoms with Gasteiger partial charge in [-0.3, -0.25) is 4.79 Å². The molecule has 104 valence electrons. The van der Waals surface area contributed by atoms with E-state index < -0.39 is 6.04 Å². The minimum absolute atomic E-state index is 0.0431. The Bertz CT molecular complexity index is 407. The van der Waals surface area contributed by atoms with E-state index in [2.05, 4.69) is 17.3 Å². The third kappa shape index (κ3) is 4.33. The molecule has 0 aromatic heterocycles. The first kappa shape index (κ1) is 14.0. The molecule has 4 nitrogen and oxygen atoms in total. The lowest BCUT2D eigenvalue weighted by molar-refractivity contribution is -0.122. The molecule has 1 aliphatic rings. The second kappa shape index (κ2) is 6.68. The van der Waals surface area contributed by atoms with Crippen LogP contribution in [0.25, 0.3) is 0 Å². The number of hydrogen-bond acceptors (Lipinski definition) is 3. The smallest absolute Gasteiger partial charge is 0.237 e. The fourth-order valence-electron chi connectivity index (χ4n) is 2.53. The lowest BCUT2D eigenvalue weighted by atomic mass is 10.1. The van der Waals surface area contributed by atoms with Gasteiger partial charge in [0.1, 0.15) is 0 Å². The van der Waals surface area contributed by atoms with Crippen LogP contribution in [0.3, 0.4) is 0 Å². The molecule has 0 bridgehead atoms. The Balaban J connectivity index is 1.73. The SMILES string of the molecule is CN1CCC(CNC(=O)C(N)Cc2ccccc2)C1. The molecular weight excluding hydrogens is 238 g/mol. The summed E-state index contributed by atoms with van der Waals surface area (Å²) in [5.41, 5.74) is 7.04. The van der Waals surface area contributed by atoms with E-state index in [0.29, 0.717) is 12.3 Å². The number of likely N-dealkylation sites (tertiary alicyclic amines) is 1. The van der Waals surface area contributed by atoms with Gasteiger partial charge in [-0.25, -0.2) is 0 Å². The number of carbonyl (C=O) groups is 1. The molecule has 1 fully saturated rings. The van der Waals surface area contributed by atoms with Crippen molar-refractivity contribution in [2.75, 3.05) is 26.7 Å². The van der Waals surface area contributed by atoms with E-state index in [1.54, 1.807) is 0 Å². The normalized spacial score (nSPS) is 21.3. The van der Waals surface area contributed by atoms with E-state index in [1.807, 2.05) is 30.3 Å². The number of benzene rings is 1. The monoisotopic (exact) mass is 261 g/mol. The Morgan fingerprint density at radius 1 is 1.47 bits per heavy atom. The van der Waals surface area contributed by atoms with Gasteiger partial charge < -0.3 is 16.0 Å². The van der Waals surface area contributed by atoms with Gasteiger partial charge in [0.25, 0.3) is 0 Å². The Kier molecular flexibility index (Phi) is 4.93. The van der Waals surface area contributed by atoms with Crippen molar-refractivity contribution in [3.8, 4) is 0 Å². The summed E-state index contributed by atoms with van der Waals surface area (Å²) in [7, 11) is 2.11. The van der Waals surface area contributed by atoms with Crippen molar-refractivity contribution in [3.05, 3.63) is 35.9 Å². The summed E-state index contributed by atoms with van der Waals surface area (Å²) >= 11 is 0. The molecule has 0 radical (unpaired) electrons. The van der Waals surface area contributed by atoms with Crippen molar-refractivity contribution < 1.29 is 4.79 Å². The molecule has 1 aliphatic heterocycles. The standard InChI is InChI=1S/C15H23N3O/c1-18-8-7-13(11-18)10-17-15(19)14(16)9-12-5-3-2-4-6-12/h2-6,13-14H,7-11,16H2,1H3,(H,17,19). The van der Waals surface area contributed by atoms with Crippen molar-refractivity contribution in [3.63, 3.8) is 0 Å². The highest BCUT2D eigenvalue weighted by Crippen LogP contribution is 2.12. The second-order valence-corrected chi connectivity index (χ2v) is 5.46. The molecule has 4 heteroatoms. The number of nitrogens with zero attached hydrogens (tertiary/aromatic N) is 1. The Morgan fingerprint density at radius 2 is 2.21 bits per heavy atom. The number of nitrogens with one attached hydrogen (secondary N) is 1. The van der Waals surface area contributed by atoms with Gasteiger partial charge in [0.05, 0.1) is 6.04 Å². The zero-order valence-corrected chi connectivity index (χ0v) is 11.5. The molecule has 1 saturated heterocycles. The maximum Gasteiger partial charge on any atom is 0.237 e. The van der Waals surface area contributed by atoms with E-state index in [-0.39, 0.29) is 5.91 Å². The van der Waals surface area contributed by atoms with Gasteiger partial charge in [-0.15, -0.1) is 0 Å². The molecule has 1 amide bonds. The third-order valence-electron chi connectivity index (χ3n) is 3.69. The largest absolute Gasteiger partial charge is 0.354 e. The summed E-state index contributed by atoms with van der Waals surface area (Å²) in [6.07, 6.45) is 1.75. The summed E-state index contributed by atoms with van der Waals surface area (Å²) in [6, 6.07) is 9.44. The number of carbonyl (C=O) groups excluding carboxylic acids is 1. The molecule has 0 spiro atoms. The Labute approximate surface area is 115 Å². The number of nitrogens with two attached hydrogens (primary N) is 1. The number of hydrogen-bond donors (Lipinski definition) is 2. The van der Waals surface area contributed by atoms with E-state index in [1.165, 1.54) is 0 Å². The first-order valence-electron chi connectivity index (χ1n) is 6.91. The van der Waals surface area contributed by atoms with Gasteiger partial charge in [0, 0.05) is 13.1 Å². The molecular formula is C15H23N3O. The minimum Gasteiger partial charge on any atom is -0.354 e. The maximum absolute atomic E-state index is 11.9. The van der Waals surface area contributed by atoms with Gasteiger partial charge in [-0.1, -0.05) is 30.3 Å². The molecule has 0 aliphatic carbocycles. The van der Waals surface area contributed by atoms with Crippen LogP contribution in [-0.2, 0) is 11.2 Å². The Hall–Kier alpha value is -1.39. The second-order valence-electron chi connectivity index (χ2n) is 5.46. The van der Waals surface area contributed by atoms with Crippen LogP contribution in [0, 0.1) is 5.92 Å². The maximum atomic E-state index is 11.9. The van der Waals surface area contributed by atoms with Crippen LogP contribution in [0.2, 0.25) is 0 Å². The topological polar surface area (TPSA) is 58.4 Å². The van der Waals surface area contributed by atoms with Crippen molar-refractivity contribution in [2.24, 2.45) is 11.7 Å². The lowest BCUT2D eigenvalue weighted by Gasteiger charge is -2.15. The summed E-state index contributed by atoms with van der Waals surface area (Å²) < 4.78 is 0. The van der Waals surface area contributed by atoms with E-state index in [4.69, 9.17) is 5.73 Å². The molecule has 0 saturated carbocycles. The van der Waals surface area contributed by atoms with Crippen molar-refractivity contribution >= 4 is 5.91 Å². The predicted octanol–water partition coefficient (Wildman–Crippen LogP) is 0.624. The predicted molar refractivity (Wildman–Crippen MR) is 76.7 cm³/mol. The highest BCUT2D eigenvalue weighted by molar-refractivity contribution is 5.81. The zero-order valence-electron chi connectivity index (χ0n) is 11.5. The molecule has 19 heavy (non-hydrogen) atoms. The first-order valence-corrected chi connectivity index (χ1v) is 6.91. The third-order valence-corrected chi connectivity index (χ3v) is 3.69. The van der Waals surface area contributed by atoms with Crippen LogP contribution >= 0.6 is 0 Å². The highest BCUT2D eigenvalue weighted by atomic mass is 16.2. The molecule has 2 unspecified atom stereocenters. The summed E-state index contributed by atoms with van der Waals surface area (Å²) in [5, 5.41) is 2.97. The summed E-state index contributed by atoms with van der Waals surface area (Å²) in [4.78, 5) is 14.2. The quantitative estimate of drug-likeness (QED) is 0.817. The highest BCUT2D eigenvalue weighted by Gasteiger charge is 2.21. The molecule has 1 aromatic carbocycles. The molecule has 1 heterocycles. The van der Waals surface area contributed by atoms with Crippen molar-refractivity contribution in [2.45, 2.75) is 18.9 Å². The van der Waals surface area contributed by atoms with Crippen LogP contribution in [0.1, 0.15) is 12.0 Å². The van der Waals surface area contributed by atoms with E-state index in [9.17, 15) is 4.79 Å². The van der Waals surface area contributed by atoms with Crippen LogP contribution < -0.4 is 11.1 Å². The Morgan fingerprint density at radius 3 is 2.84 bits per heavy atom. The van der Waals surface area contributed by atoms with Gasteiger partial charge in [-0.05, 0) is 37.9 Å². The van der Waals surface area contributed by atoms with Crippen LogP contribution in [-0.4, -0.2) is 43.5 Å². The van der Waals surface area contributed by atoms with Gasteiger partial charge in [0.2, 0.25) is 5.91 Å². The van der Waals surface area contributed by atoms with Gasteiger partial charge in [0.15, 0.2) is 0 Å². The molecule has 1 aromatic rings. The number of amides is 1. The molecule has 2 atom stereocenters.